The first kappa shape index (κ1) is 12.7. The first-order chi connectivity index (χ1) is 9.22. The van der Waals surface area contributed by atoms with Gasteiger partial charge in [-0.2, -0.15) is 0 Å². The molecule has 19 heavy (non-hydrogen) atoms. The van der Waals surface area contributed by atoms with Gasteiger partial charge in [0.15, 0.2) is 0 Å². The molecule has 0 aliphatic rings. The molecule has 0 spiro atoms. The third-order valence-corrected chi connectivity index (χ3v) is 4.20. The SMILES string of the molecule is Clc1cc(NCc2ccc(Cl)s2)c2ncccc2c1. The molecule has 0 saturated heterocycles. The van der Waals surface area contributed by atoms with Gasteiger partial charge < -0.3 is 5.32 Å². The number of hydrogen-bond acceptors (Lipinski definition) is 3. The second kappa shape index (κ2) is 5.37. The molecule has 2 heterocycles. The number of pyridine rings is 1. The Bertz CT molecular complexity index is 724. The lowest BCUT2D eigenvalue weighted by atomic mass is 10.2. The van der Waals surface area contributed by atoms with Gasteiger partial charge in [0.25, 0.3) is 0 Å². The average Bonchev–Trinajstić information content (AvgIpc) is 2.81. The molecule has 2 aromatic heterocycles. The minimum atomic E-state index is 0.701. The number of halogens is 2. The van der Waals surface area contributed by atoms with Crippen molar-refractivity contribution in [1.29, 1.82) is 0 Å². The standard InChI is InChI=1S/C14H10Cl2N2S/c15-10-6-9-2-1-5-17-14(9)12(7-10)18-8-11-3-4-13(16)19-11/h1-7,18H,8H2. The van der Waals surface area contributed by atoms with Gasteiger partial charge in [0.05, 0.1) is 15.5 Å². The zero-order valence-corrected chi connectivity index (χ0v) is 12.2. The number of rotatable bonds is 3. The van der Waals surface area contributed by atoms with E-state index in [-0.39, 0.29) is 0 Å². The number of aromatic nitrogens is 1. The van der Waals surface area contributed by atoms with Crippen LogP contribution < -0.4 is 5.32 Å². The lowest BCUT2D eigenvalue weighted by Crippen LogP contribution is -1.99. The van der Waals surface area contributed by atoms with Crippen LogP contribution in [0.25, 0.3) is 10.9 Å². The minimum Gasteiger partial charge on any atom is -0.378 e. The number of nitrogens with one attached hydrogen (secondary N) is 1. The smallest absolute Gasteiger partial charge is 0.0934 e. The van der Waals surface area contributed by atoms with Crippen LogP contribution in [0.3, 0.4) is 0 Å². The molecule has 0 saturated carbocycles. The van der Waals surface area contributed by atoms with Gasteiger partial charge in [0.1, 0.15) is 0 Å². The van der Waals surface area contributed by atoms with Crippen LogP contribution in [-0.4, -0.2) is 4.98 Å². The minimum absolute atomic E-state index is 0.701. The molecule has 0 aliphatic heterocycles. The molecule has 1 N–H and O–H groups in total. The van der Waals surface area contributed by atoms with Crippen molar-refractivity contribution in [1.82, 2.24) is 4.98 Å². The quantitative estimate of drug-likeness (QED) is 0.718. The van der Waals surface area contributed by atoms with E-state index in [1.165, 1.54) is 4.88 Å². The maximum Gasteiger partial charge on any atom is 0.0934 e. The molecule has 0 bridgehead atoms. The summed E-state index contributed by atoms with van der Waals surface area (Å²) in [6, 6.07) is 11.6. The summed E-state index contributed by atoms with van der Waals surface area (Å²) in [6.45, 7) is 0.712. The Balaban J connectivity index is 1.91. The van der Waals surface area contributed by atoms with E-state index in [4.69, 9.17) is 23.2 Å². The van der Waals surface area contributed by atoms with Crippen LogP contribution in [0.4, 0.5) is 5.69 Å². The van der Waals surface area contributed by atoms with E-state index < -0.39 is 0 Å². The van der Waals surface area contributed by atoms with Gasteiger partial charge >= 0.3 is 0 Å². The second-order valence-corrected chi connectivity index (χ2v) is 6.32. The van der Waals surface area contributed by atoms with E-state index in [9.17, 15) is 0 Å². The Kier molecular flexibility index (Phi) is 3.60. The molecule has 5 heteroatoms. The van der Waals surface area contributed by atoms with Gasteiger partial charge in [-0.05, 0) is 30.3 Å². The molecule has 2 nitrogen and oxygen atoms in total. The van der Waals surface area contributed by atoms with Gasteiger partial charge in [-0.25, -0.2) is 0 Å². The third kappa shape index (κ3) is 2.84. The molecule has 96 valence electrons. The molecule has 0 unspecified atom stereocenters. The highest BCUT2D eigenvalue weighted by atomic mass is 35.5. The number of benzene rings is 1. The highest BCUT2D eigenvalue weighted by Gasteiger charge is 2.05. The zero-order chi connectivity index (χ0) is 13.2. The van der Waals surface area contributed by atoms with Crippen LogP contribution in [0.5, 0.6) is 0 Å². The van der Waals surface area contributed by atoms with E-state index in [1.807, 2.05) is 36.4 Å². The van der Waals surface area contributed by atoms with Crippen molar-refractivity contribution >= 4 is 51.1 Å². The fourth-order valence-corrected chi connectivity index (χ4v) is 3.17. The van der Waals surface area contributed by atoms with E-state index in [0.717, 1.165) is 20.9 Å². The number of nitrogens with zero attached hydrogens (tertiary/aromatic N) is 1. The van der Waals surface area contributed by atoms with Crippen LogP contribution in [0, 0.1) is 0 Å². The Morgan fingerprint density at radius 3 is 2.84 bits per heavy atom. The maximum atomic E-state index is 6.12. The zero-order valence-electron chi connectivity index (χ0n) is 9.86. The Hall–Kier alpha value is -1.29. The van der Waals surface area contributed by atoms with E-state index in [0.29, 0.717) is 11.6 Å². The van der Waals surface area contributed by atoms with Crippen molar-refractivity contribution in [2.45, 2.75) is 6.54 Å². The van der Waals surface area contributed by atoms with Gasteiger partial charge in [-0.1, -0.05) is 29.3 Å². The number of fused-ring (bicyclic) bond motifs is 1. The summed E-state index contributed by atoms with van der Waals surface area (Å²) in [5.41, 5.74) is 1.86. The summed E-state index contributed by atoms with van der Waals surface area (Å²) in [5, 5.41) is 5.09. The number of anilines is 1. The summed E-state index contributed by atoms with van der Waals surface area (Å²) in [5.74, 6) is 0. The molecule has 3 rings (SSSR count). The molecular formula is C14H10Cl2N2S. The highest BCUT2D eigenvalue weighted by Crippen LogP contribution is 2.28. The number of hydrogen-bond donors (Lipinski definition) is 1. The van der Waals surface area contributed by atoms with Gasteiger partial charge in [-0.3, -0.25) is 4.98 Å². The third-order valence-electron chi connectivity index (χ3n) is 2.75. The Morgan fingerprint density at radius 1 is 1.16 bits per heavy atom. The molecule has 0 aliphatic carbocycles. The summed E-state index contributed by atoms with van der Waals surface area (Å²) < 4.78 is 0.797. The van der Waals surface area contributed by atoms with Crippen molar-refractivity contribution in [3.63, 3.8) is 0 Å². The van der Waals surface area contributed by atoms with Crippen molar-refractivity contribution in [3.8, 4) is 0 Å². The van der Waals surface area contributed by atoms with E-state index in [2.05, 4.69) is 10.3 Å². The summed E-state index contributed by atoms with van der Waals surface area (Å²) in [6.07, 6.45) is 1.78. The van der Waals surface area contributed by atoms with Crippen molar-refractivity contribution in [2.75, 3.05) is 5.32 Å². The van der Waals surface area contributed by atoms with E-state index in [1.54, 1.807) is 17.5 Å². The predicted octanol–water partition coefficient (Wildman–Crippen LogP) is 5.22. The molecule has 0 atom stereocenters. The van der Waals surface area contributed by atoms with Crippen molar-refractivity contribution < 1.29 is 0 Å². The van der Waals surface area contributed by atoms with Crippen molar-refractivity contribution in [3.05, 3.63) is 56.8 Å². The lowest BCUT2D eigenvalue weighted by Gasteiger charge is -2.08. The van der Waals surface area contributed by atoms with Crippen LogP contribution >= 0.6 is 34.5 Å². The Morgan fingerprint density at radius 2 is 2.05 bits per heavy atom. The van der Waals surface area contributed by atoms with E-state index >= 15 is 0 Å². The fraction of sp³-hybridized carbons (Fsp3) is 0.0714. The molecule has 0 fully saturated rings. The van der Waals surface area contributed by atoms with Crippen LogP contribution in [-0.2, 0) is 6.54 Å². The second-order valence-electron chi connectivity index (χ2n) is 4.09. The summed E-state index contributed by atoms with van der Waals surface area (Å²) in [7, 11) is 0. The monoisotopic (exact) mass is 308 g/mol. The molecule has 0 radical (unpaired) electrons. The fourth-order valence-electron chi connectivity index (χ4n) is 1.92. The maximum absolute atomic E-state index is 6.12. The van der Waals surface area contributed by atoms with Gasteiger partial charge in [0.2, 0.25) is 0 Å². The molecule has 3 aromatic rings. The van der Waals surface area contributed by atoms with Crippen LogP contribution in [0.1, 0.15) is 4.88 Å². The molecule has 1 aromatic carbocycles. The normalized spacial score (nSPS) is 10.8. The number of thiophene rings is 1. The van der Waals surface area contributed by atoms with Crippen molar-refractivity contribution in [2.24, 2.45) is 0 Å². The average molecular weight is 309 g/mol. The van der Waals surface area contributed by atoms with Crippen LogP contribution in [0.2, 0.25) is 9.36 Å². The van der Waals surface area contributed by atoms with Gasteiger partial charge in [0, 0.05) is 28.0 Å². The molecule has 0 amide bonds. The van der Waals surface area contributed by atoms with Crippen LogP contribution in [0.15, 0.2) is 42.6 Å². The Labute approximate surface area is 125 Å². The highest BCUT2D eigenvalue weighted by molar-refractivity contribution is 7.16. The predicted molar refractivity (Wildman–Crippen MR) is 83.4 cm³/mol. The first-order valence-corrected chi connectivity index (χ1v) is 7.32. The lowest BCUT2D eigenvalue weighted by molar-refractivity contribution is 1.19. The molecular weight excluding hydrogens is 299 g/mol. The first-order valence-electron chi connectivity index (χ1n) is 5.75. The topological polar surface area (TPSA) is 24.9 Å². The van der Waals surface area contributed by atoms with Gasteiger partial charge in [-0.15, -0.1) is 11.3 Å². The summed E-state index contributed by atoms with van der Waals surface area (Å²) in [4.78, 5) is 5.57. The largest absolute Gasteiger partial charge is 0.378 e. The summed E-state index contributed by atoms with van der Waals surface area (Å²) >= 11 is 13.6.